The van der Waals surface area contributed by atoms with E-state index < -0.39 is 46.7 Å². The molecule has 1 fully saturated rings. The summed E-state index contributed by atoms with van der Waals surface area (Å²) in [4.78, 5) is 37.0. The third-order valence-corrected chi connectivity index (χ3v) is 20.5. The molecule has 2 aromatic heterocycles. The molecule has 0 saturated carbocycles. The minimum atomic E-state index is -3.58. The van der Waals surface area contributed by atoms with Crippen molar-refractivity contribution < 1.29 is 27.2 Å². The van der Waals surface area contributed by atoms with E-state index in [9.17, 15) is 9.59 Å². The summed E-state index contributed by atoms with van der Waals surface area (Å²) in [6.07, 6.45) is -2.42. The number of fused-ring (bicyclic) bond motifs is 1. The Kier molecular flexibility index (Phi) is 13.9. The quantitative estimate of drug-likeness (QED) is 0.113. The molecule has 17 heteroatoms. The Morgan fingerprint density at radius 2 is 1.65 bits per heavy atom. The van der Waals surface area contributed by atoms with E-state index in [2.05, 4.69) is 36.0 Å². The van der Waals surface area contributed by atoms with Gasteiger partial charge in [-0.25, -0.2) is 9.78 Å². The molecule has 3 atom stereocenters. The molecular weight excluding hydrogens is 774 g/mol. The number of amides is 1. The summed E-state index contributed by atoms with van der Waals surface area (Å²) in [7, 11) is -3.11. The Hall–Kier alpha value is -2.41. The Balaban J connectivity index is 1.45. The van der Waals surface area contributed by atoms with E-state index in [4.69, 9.17) is 41.8 Å². The Bertz CT molecular complexity index is 1820. The van der Waals surface area contributed by atoms with Crippen LogP contribution in [0.3, 0.4) is 0 Å². The van der Waals surface area contributed by atoms with Crippen molar-refractivity contribution in [3.63, 3.8) is 0 Å². The van der Waals surface area contributed by atoms with Gasteiger partial charge in [0, 0.05) is 56.6 Å². The number of benzene rings is 1. The largest absolute Gasteiger partial charge is 0.414 e. The van der Waals surface area contributed by atoms with Crippen molar-refractivity contribution in [1.82, 2.24) is 19.1 Å². The molecular formula is C37H58Cl2F2N6O5Si2. The molecule has 1 amide bonds. The average molecular weight is 832 g/mol. The van der Waals surface area contributed by atoms with Gasteiger partial charge in [-0.1, -0.05) is 41.5 Å². The Labute approximate surface area is 330 Å². The van der Waals surface area contributed by atoms with Crippen LogP contribution in [0.2, 0.25) is 36.3 Å². The fraction of sp³-hybridized carbons (Fsp3) is 0.676. The molecule has 302 valence electrons. The molecule has 11 nitrogen and oxygen atoms in total. The lowest BCUT2D eigenvalue weighted by Gasteiger charge is -2.41. The molecule has 4 rings (SSSR count). The SMILES string of the molecule is Cn1c(CCCC(=O)Nc2ccn([C@@H]3O[C@H](CO[Si](C)(C)C(C)(C)C)[C@@H](O[Si](C)(C)C(C)(C)C)C3(F)F)c(=O)n2)nc2cc(N(CCCl)CCCl)ccc21. The smallest absolute Gasteiger partial charge is 0.351 e. The molecule has 1 aromatic carbocycles. The van der Waals surface area contributed by atoms with Gasteiger partial charge in [0.25, 0.3) is 0 Å². The average Bonchev–Trinajstić information content (AvgIpc) is 3.49. The van der Waals surface area contributed by atoms with Gasteiger partial charge in [-0.15, -0.1) is 23.2 Å². The maximum absolute atomic E-state index is 16.4. The number of aryl methyl sites for hydroxylation is 2. The van der Waals surface area contributed by atoms with Gasteiger partial charge < -0.3 is 28.4 Å². The summed E-state index contributed by atoms with van der Waals surface area (Å²) in [6.45, 7) is 21.3. The summed E-state index contributed by atoms with van der Waals surface area (Å²) < 4.78 is 54.2. The molecule has 3 aromatic rings. The molecule has 3 heterocycles. The van der Waals surface area contributed by atoms with Gasteiger partial charge in [-0.2, -0.15) is 13.8 Å². The lowest BCUT2D eigenvalue weighted by atomic mass is 10.1. The predicted molar refractivity (Wildman–Crippen MR) is 219 cm³/mol. The molecule has 0 unspecified atom stereocenters. The Morgan fingerprint density at radius 3 is 2.22 bits per heavy atom. The van der Waals surface area contributed by atoms with Crippen LogP contribution in [0.1, 0.15) is 66.4 Å². The summed E-state index contributed by atoms with van der Waals surface area (Å²) in [5.41, 5.74) is 1.80. The third kappa shape index (κ3) is 9.93. The van der Waals surface area contributed by atoms with Crippen molar-refractivity contribution >= 4 is 68.3 Å². The Morgan fingerprint density at radius 1 is 1.02 bits per heavy atom. The number of carbonyl (C=O) groups excluding carboxylic acids is 1. The molecule has 0 radical (unpaired) electrons. The standard InChI is InChI=1S/C37H58Cl2F2N6O5Si2/c1-35(2,3)53(8,9)50-24-28-32(52-54(10,11)36(4,5)6)37(40,41)33(51-28)47-20-17-29(44-34(47)49)43-31(48)14-12-13-30-42-26-23-25(15-16-27(26)45(30)7)46(21-18-38)22-19-39/h15-17,20,23,28,32-33H,12-14,18-19,21-22,24H2,1-11H3,(H,43,44,48,49)/t28-,32-,33-/m1/s1. The number of rotatable bonds is 16. The first-order valence-corrected chi connectivity index (χ1v) is 25.4. The second kappa shape index (κ2) is 17.0. The number of carbonyl (C=O) groups is 1. The van der Waals surface area contributed by atoms with Gasteiger partial charge in [0.05, 0.1) is 17.6 Å². The van der Waals surface area contributed by atoms with Gasteiger partial charge in [0.15, 0.2) is 16.6 Å². The number of hydrogen-bond donors (Lipinski definition) is 1. The number of ether oxygens (including phenoxy) is 1. The summed E-state index contributed by atoms with van der Waals surface area (Å²) in [5.74, 6) is -2.22. The maximum atomic E-state index is 16.4. The van der Waals surface area contributed by atoms with E-state index in [1.165, 1.54) is 12.3 Å². The fourth-order valence-electron chi connectivity index (χ4n) is 5.75. The molecule has 1 saturated heterocycles. The zero-order valence-electron chi connectivity index (χ0n) is 33.6. The fourth-order valence-corrected chi connectivity index (χ4v) is 8.47. The van der Waals surface area contributed by atoms with E-state index in [1.807, 2.05) is 76.8 Å². The summed E-state index contributed by atoms with van der Waals surface area (Å²) in [6, 6.07) is 7.36. The van der Waals surface area contributed by atoms with E-state index in [1.54, 1.807) is 0 Å². The van der Waals surface area contributed by atoms with Crippen LogP contribution in [0, 0.1) is 0 Å². The van der Waals surface area contributed by atoms with Crippen LogP contribution < -0.4 is 15.9 Å². The zero-order valence-corrected chi connectivity index (χ0v) is 37.1. The van der Waals surface area contributed by atoms with E-state index in [0.717, 1.165) is 27.1 Å². The monoisotopic (exact) mass is 830 g/mol. The van der Waals surface area contributed by atoms with Crippen molar-refractivity contribution in [1.29, 1.82) is 0 Å². The van der Waals surface area contributed by atoms with Crippen LogP contribution in [0.4, 0.5) is 20.3 Å². The van der Waals surface area contributed by atoms with E-state index >= 15 is 8.78 Å². The highest BCUT2D eigenvalue weighted by Crippen LogP contribution is 2.48. The molecule has 1 aliphatic rings. The molecule has 0 aliphatic carbocycles. The zero-order chi connectivity index (χ0) is 40.4. The topological polar surface area (TPSA) is 113 Å². The molecule has 0 bridgehead atoms. The highest BCUT2D eigenvalue weighted by atomic mass is 35.5. The van der Waals surface area contributed by atoms with Gasteiger partial charge in [0.1, 0.15) is 23.9 Å². The second-order valence-electron chi connectivity index (χ2n) is 17.1. The number of alkyl halides is 4. The van der Waals surface area contributed by atoms with Gasteiger partial charge in [-0.3, -0.25) is 9.36 Å². The van der Waals surface area contributed by atoms with Crippen LogP contribution in [-0.4, -0.2) is 91.2 Å². The number of anilines is 2. The van der Waals surface area contributed by atoms with Crippen molar-refractivity contribution in [3.05, 3.63) is 46.8 Å². The maximum Gasteiger partial charge on any atom is 0.351 e. The van der Waals surface area contributed by atoms with Crippen molar-refractivity contribution in [2.75, 3.05) is 41.7 Å². The number of nitrogens with zero attached hydrogens (tertiary/aromatic N) is 5. The molecule has 54 heavy (non-hydrogen) atoms. The number of hydrogen-bond acceptors (Lipinski definition) is 8. The van der Waals surface area contributed by atoms with Gasteiger partial charge in [0.2, 0.25) is 12.1 Å². The van der Waals surface area contributed by atoms with E-state index in [-0.39, 0.29) is 34.8 Å². The third-order valence-electron chi connectivity index (χ3n) is 11.2. The minimum absolute atomic E-state index is 0.0387. The van der Waals surface area contributed by atoms with Crippen LogP contribution in [0.25, 0.3) is 11.0 Å². The van der Waals surface area contributed by atoms with Crippen LogP contribution in [0.5, 0.6) is 0 Å². The summed E-state index contributed by atoms with van der Waals surface area (Å²) >= 11 is 12.0. The van der Waals surface area contributed by atoms with Gasteiger partial charge >= 0.3 is 11.6 Å². The molecule has 1 aliphatic heterocycles. The number of halogens is 4. The van der Waals surface area contributed by atoms with Crippen molar-refractivity contribution in [3.8, 4) is 0 Å². The minimum Gasteiger partial charge on any atom is -0.414 e. The first kappa shape index (κ1) is 44.3. The number of aromatic nitrogens is 4. The normalized spacial score (nSPS) is 19.4. The number of imidazole rings is 1. The number of nitrogens with one attached hydrogen (secondary N) is 1. The van der Waals surface area contributed by atoms with Gasteiger partial charge in [-0.05, 0) is 67.0 Å². The summed E-state index contributed by atoms with van der Waals surface area (Å²) in [5, 5.41) is 2.12. The van der Waals surface area contributed by atoms with Crippen LogP contribution >= 0.6 is 23.2 Å². The molecule has 1 N–H and O–H groups in total. The molecule has 0 spiro atoms. The first-order valence-electron chi connectivity index (χ1n) is 18.5. The van der Waals surface area contributed by atoms with Crippen molar-refractivity contribution in [2.45, 2.75) is 121 Å². The lowest BCUT2D eigenvalue weighted by Crippen LogP contribution is -2.53. The lowest BCUT2D eigenvalue weighted by molar-refractivity contribution is -0.138. The van der Waals surface area contributed by atoms with Crippen molar-refractivity contribution in [2.24, 2.45) is 7.05 Å². The highest BCUT2D eigenvalue weighted by molar-refractivity contribution is 6.74. The predicted octanol–water partition coefficient (Wildman–Crippen LogP) is 8.32. The van der Waals surface area contributed by atoms with E-state index in [0.29, 0.717) is 37.7 Å². The van der Waals surface area contributed by atoms with Crippen LogP contribution in [0.15, 0.2) is 35.3 Å². The highest BCUT2D eigenvalue weighted by Gasteiger charge is 2.63. The van der Waals surface area contributed by atoms with Crippen LogP contribution in [-0.2, 0) is 31.9 Å². The first-order chi connectivity index (χ1) is 24.9. The second-order valence-corrected chi connectivity index (χ2v) is 27.4.